The van der Waals surface area contributed by atoms with Crippen LogP contribution in [0.5, 0.6) is 0 Å². The summed E-state index contributed by atoms with van der Waals surface area (Å²) in [7, 11) is 0. The highest BCUT2D eigenvalue weighted by Crippen LogP contribution is 2.29. The van der Waals surface area contributed by atoms with Gasteiger partial charge in [-0.05, 0) is 53.8 Å². The molecule has 4 rings (SSSR count). The van der Waals surface area contributed by atoms with Crippen LogP contribution in [-0.2, 0) is 16.1 Å². The number of anilines is 2. The fourth-order valence-electron chi connectivity index (χ4n) is 3.29. The average Bonchev–Trinajstić information content (AvgIpc) is 3.12. The summed E-state index contributed by atoms with van der Waals surface area (Å²) in [6.07, 6.45) is 0.122. The van der Waals surface area contributed by atoms with Crippen molar-refractivity contribution in [3.05, 3.63) is 52.1 Å². The van der Waals surface area contributed by atoms with Crippen molar-refractivity contribution in [1.82, 2.24) is 9.55 Å². The van der Waals surface area contributed by atoms with Gasteiger partial charge in [-0.1, -0.05) is 24.3 Å². The number of hydrogen-bond acceptors (Lipinski definition) is 4. The Labute approximate surface area is 164 Å². The zero-order chi connectivity index (χ0) is 18.3. The van der Waals surface area contributed by atoms with Crippen LogP contribution in [0.3, 0.4) is 0 Å². The van der Waals surface area contributed by atoms with E-state index in [-0.39, 0.29) is 18.2 Å². The van der Waals surface area contributed by atoms with Crippen LogP contribution in [0.1, 0.15) is 13.3 Å². The summed E-state index contributed by atoms with van der Waals surface area (Å²) in [4.78, 5) is 31.3. The maximum Gasteiger partial charge on any atom is 0.256 e. The second kappa shape index (κ2) is 6.71. The number of aromatic nitrogens is 2. The molecule has 2 aromatic carbocycles. The van der Waals surface area contributed by atoms with Crippen LogP contribution in [0.4, 0.5) is 11.6 Å². The number of amides is 2. The molecule has 0 aliphatic carbocycles. The third-order valence-corrected chi connectivity index (χ3v) is 5.43. The first-order chi connectivity index (χ1) is 12.6. The monoisotopic (exact) mass is 460 g/mol. The van der Waals surface area contributed by atoms with Crippen molar-refractivity contribution in [2.75, 3.05) is 10.2 Å². The number of nitrogens with one attached hydrogen (secondary N) is 1. The largest absolute Gasteiger partial charge is 0.343 e. The molecule has 1 saturated heterocycles. The zero-order valence-electron chi connectivity index (χ0n) is 14.1. The van der Waals surface area contributed by atoms with Crippen LogP contribution >= 0.6 is 22.6 Å². The van der Waals surface area contributed by atoms with E-state index < -0.39 is 6.04 Å². The lowest BCUT2D eigenvalue weighted by Gasteiger charge is -2.17. The van der Waals surface area contributed by atoms with Gasteiger partial charge in [0.25, 0.3) is 5.91 Å². The van der Waals surface area contributed by atoms with Crippen LogP contribution in [0.2, 0.25) is 0 Å². The molecule has 3 aromatic rings. The minimum atomic E-state index is -0.611. The Balaban J connectivity index is 1.65. The van der Waals surface area contributed by atoms with Gasteiger partial charge in [0.1, 0.15) is 6.04 Å². The molecule has 1 fully saturated rings. The number of halogens is 1. The molecule has 7 heteroatoms. The highest BCUT2D eigenvalue weighted by molar-refractivity contribution is 14.1. The van der Waals surface area contributed by atoms with Gasteiger partial charge in [0.2, 0.25) is 11.9 Å². The summed E-state index contributed by atoms with van der Waals surface area (Å²) in [5.74, 6) is 0.175. The summed E-state index contributed by atoms with van der Waals surface area (Å²) in [6.45, 7) is 2.75. The van der Waals surface area contributed by atoms with Crippen molar-refractivity contribution >= 4 is 57.1 Å². The number of benzene rings is 2. The van der Waals surface area contributed by atoms with E-state index in [1.165, 1.54) is 4.90 Å². The van der Waals surface area contributed by atoms with Gasteiger partial charge in [0.15, 0.2) is 0 Å². The molecule has 0 unspecified atom stereocenters. The van der Waals surface area contributed by atoms with Gasteiger partial charge in [0, 0.05) is 10.1 Å². The van der Waals surface area contributed by atoms with Crippen molar-refractivity contribution in [3.63, 3.8) is 0 Å². The smallest absolute Gasteiger partial charge is 0.256 e. The third-order valence-electron chi connectivity index (χ3n) is 4.51. The lowest BCUT2D eigenvalue weighted by atomic mass is 10.2. The first kappa shape index (κ1) is 17.0. The highest BCUT2D eigenvalue weighted by atomic mass is 127. The molecule has 0 radical (unpaired) electrons. The number of hydrogen-bond donors (Lipinski definition) is 1. The minimum absolute atomic E-state index is 0.122. The van der Waals surface area contributed by atoms with E-state index in [1.807, 2.05) is 54.0 Å². The SMILES string of the molecule is CCn1c(N[C@@H]2CC(=O)N(c3ccccc3I)C2=O)nc2ccccc21. The van der Waals surface area contributed by atoms with Crippen molar-refractivity contribution in [2.24, 2.45) is 0 Å². The fourth-order valence-corrected chi connectivity index (χ4v) is 3.92. The van der Waals surface area contributed by atoms with Crippen molar-refractivity contribution in [1.29, 1.82) is 0 Å². The van der Waals surface area contributed by atoms with Crippen LogP contribution < -0.4 is 10.2 Å². The Bertz CT molecular complexity index is 1010. The summed E-state index contributed by atoms with van der Waals surface area (Å²) in [5, 5.41) is 3.19. The van der Waals surface area contributed by atoms with Crippen molar-refractivity contribution < 1.29 is 9.59 Å². The lowest BCUT2D eigenvalue weighted by Crippen LogP contribution is -2.35. The molecule has 2 amide bonds. The maximum absolute atomic E-state index is 12.9. The second-order valence-electron chi connectivity index (χ2n) is 6.09. The maximum atomic E-state index is 12.9. The van der Waals surface area contributed by atoms with Gasteiger partial charge in [-0.3, -0.25) is 9.59 Å². The van der Waals surface area contributed by atoms with Crippen molar-refractivity contribution in [2.45, 2.75) is 25.9 Å². The molecule has 132 valence electrons. The van der Waals surface area contributed by atoms with Gasteiger partial charge < -0.3 is 9.88 Å². The Morgan fingerprint density at radius 2 is 1.88 bits per heavy atom. The van der Waals surface area contributed by atoms with Crippen LogP contribution in [-0.4, -0.2) is 27.4 Å². The fraction of sp³-hybridized carbons (Fsp3) is 0.211. The van der Waals surface area contributed by atoms with E-state index in [2.05, 4.69) is 32.9 Å². The van der Waals surface area contributed by atoms with E-state index in [9.17, 15) is 9.59 Å². The molecular weight excluding hydrogens is 443 g/mol. The highest BCUT2D eigenvalue weighted by Gasteiger charge is 2.40. The average molecular weight is 460 g/mol. The number of imidazole rings is 1. The number of carbonyl (C=O) groups is 2. The van der Waals surface area contributed by atoms with Crippen LogP contribution in [0, 0.1) is 3.57 Å². The molecule has 26 heavy (non-hydrogen) atoms. The van der Waals surface area contributed by atoms with Crippen LogP contribution in [0.25, 0.3) is 11.0 Å². The number of carbonyl (C=O) groups excluding carboxylic acids is 2. The molecule has 2 heterocycles. The zero-order valence-corrected chi connectivity index (χ0v) is 16.3. The van der Waals surface area contributed by atoms with E-state index in [1.54, 1.807) is 6.07 Å². The summed E-state index contributed by atoms with van der Waals surface area (Å²) in [5.41, 5.74) is 2.50. The second-order valence-corrected chi connectivity index (χ2v) is 7.25. The first-order valence-electron chi connectivity index (χ1n) is 8.43. The number of aryl methyl sites for hydroxylation is 1. The molecule has 1 aromatic heterocycles. The molecule has 0 bridgehead atoms. The Morgan fingerprint density at radius 3 is 2.65 bits per heavy atom. The quantitative estimate of drug-likeness (QED) is 0.479. The van der Waals surface area contributed by atoms with E-state index in [4.69, 9.17) is 0 Å². The molecule has 0 saturated carbocycles. The standard InChI is InChI=1S/C19H17IN4O2/c1-2-23-16-10-6-4-8-13(16)21-19(23)22-14-11-17(25)24(18(14)26)15-9-5-3-7-12(15)20/h3-10,14H,2,11H2,1H3,(H,21,22)/t14-/m1/s1. The number of nitrogens with zero attached hydrogens (tertiary/aromatic N) is 3. The number of rotatable bonds is 4. The topological polar surface area (TPSA) is 67.2 Å². The lowest BCUT2D eigenvalue weighted by molar-refractivity contribution is -0.121. The van der Waals surface area contributed by atoms with Gasteiger partial charge >= 0.3 is 0 Å². The van der Waals surface area contributed by atoms with E-state index in [0.29, 0.717) is 11.6 Å². The predicted octanol–water partition coefficient (Wildman–Crippen LogP) is 3.40. The molecule has 1 aliphatic heterocycles. The van der Waals surface area contributed by atoms with Gasteiger partial charge in [0.05, 0.1) is 23.1 Å². The summed E-state index contributed by atoms with van der Waals surface area (Å²) < 4.78 is 2.88. The summed E-state index contributed by atoms with van der Waals surface area (Å²) >= 11 is 2.14. The molecular formula is C19H17IN4O2. The van der Waals surface area contributed by atoms with Gasteiger partial charge in [-0.15, -0.1) is 0 Å². The van der Waals surface area contributed by atoms with Gasteiger partial charge in [-0.25, -0.2) is 9.88 Å². The molecule has 0 spiro atoms. The van der Waals surface area contributed by atoms with Gasteiger partial charge in [-0.2, -0.15) is 0 Å². The Morgan fingerprint density at radius 1 is 1.15 bits per heavy atom. The number of imide groups is 1. The number of para-hydroxylation sites is 3. The van der Waals surface area contributed by atoms with E-state index >= 15 is 0 Å². The first-order valence-corrected chi connectivity index (χ1v) is 9.51. The van der Waals surface area contributed by atoms with Crippen LogP contribution in [0.15, 0.2) is 48.5 Å². The number of fused-ring (bicyclic) bond motifs is 1. The Kier molecular flexibility index (Phi) is 4.39. The van der Waals surface area contributed by atoms with E-state index in [0.717, 1.165) is 21.1 Å². The molecule has 1 aliphatic rings. The summed E-state index contributed by atoms with van der Waals surface area (Å²) in [6, 6.07) is 14.6. The third kappa shape index (κ3) is 2.76. The molecule has 6 nitrogen and oxygen atoms in total. The molecule has 1 N–H and O–H groups in total. The Hall–Kier alpha value is -2.42. The predicted molar refractivity (Wildman–Crippen MR) is 109 cm³/mol. The normalized spacial score (nSPS) is 17.3. The van der Waals surface area contributed by atoms with Crippen molar-refractivity contribution in [3.8, 4) is 0 Å². The minimum Gasteiger partial charge on any atom is -0.343 e. The molecule has 1 atom stereocenters.